The van der Waals surface area contributed by atoms with Crippen molar-refractivity contribution in [1.29, 1.82) is 0 Å². The smallest absolute Gasteiger partial charge is 0.293 e. The summed E-state index contributed by atoms with van der Waals surface area (Å²) in [6.45, 7) is 3.29. The first-order valence-electron chi connectivity index (χ1n) is 7.35. The van der Waals surface area contributed by atoms with Crippen molar-refractivity contribution < 1.29 is 0 Å². The molecule has 0 unspecified atom stereocenters. The van der Waals surface area contributed by atoms with Gasteiger partial charge in [0.25, 0.3) is 5.56 Å². The molecule has 1 fully saturated rings. The van der Waals surface area contributed by atoms with E-state index in [-0.39, 0.29) is 5.56 Å². The van der Waals surface area contributed by atoms with Crippen molar-refractivity contribution in [2.75, 3.05) is 10.6 Å². The van der Waals surface area contributed by atoms with E-state index in [1.807, 2.05) is 31.2 Å². The molecule has 0 spiro atoms. The zero-order chi connectivity index (χ0) is 14.8. The lowest BCUT2D eigenvalue weighted by molar-refractivity contribution is 0.691. The van der Waals surface area contributed by atoms with E-state index >= 15 is 0 Å². The van der Waals surface area contributed by atoms with Crippen LogP contribution in [-0.2, 0) is 13.1 Å². The minimum absolute atomic E-state index is 0.0178. The van der Waals surface area contributed by atoms with Crippen molar-refractivity contribution in [1.82, 2.24) is 9.55 Å². The molecule has 1 aliphatic rings. The number of nitrogens with two attached hydrogens (primary N) is 1. The van der Waals surface area contributed by atoms with Gasteiger partial charge in [-0.3, -0.25) is 4.79 Å². The predicted octanol–water partition coefficient (Wildman–Crippen LogP) is 2.01. The molecule has 21 heavy (non-hydrogen) atoms. The van der Waals surface area contributed by atoms with Gasteiger partial charge in [0.15, 0.2) is 5.82 Å². The molecular weight excluding hydrogens is 264 g/mol. The van der Waals surface area contributed by atoms with Crippen molar-refractivity contribution in [3.05, 3.63) is 52.6 Å². The molecule has 3 rings (SSSR count). The number of nitrogen functional groups attached to an aromatic ring is 1. The highest BCUT2D eigenvalue weighted by Gasteiger charge is 2.31. The highest BCUT2D eigenvalue weighted by atomic mass is 16.1. The summed E-state index contributed by atoms with van der Waals surface area (Å²) in [5, 5.41) is 0. The number of aryl methyl sites for hydroxylation is 1. The molecule has 5 nitrogen and oxygen atoms in total. The van der Waals surface area contributed by atoms with Crippen LogP contribution in [0, 0.1) is 0 Å². The maximum absolute atomic E-state index is 12.5. The first kappa shape index (κ1) is 13.7. The molecule has 1 aromatic carbocycles. The van der Waals surface area contributed by atoms with Crippen LogP contribution in [0.2, 0.25) is 0 Å². The second kappa shape index (κ2) is 5.60. The molecule has 1 heterocycles. The molecule has 0 bridgehead atoms. The Bertz CT molecular complexity index is 691. The SMILES string of the molecule is CCn1ccnc(N(Cc2cccc(N)c2)C2CC2)c1=O. The average molecular weight is 284 g/mol. The Balaban J connectivity index is 1.94. The fourth-order valence-electron chi connectivity index (χ4n) is 2.53. The maximum atomic E-state index is 12.5. The third-order valence-corrected chi connectivity index (χ3v) is 3.80. The van der Waals surface area contributed by atoms with Crippen LogP contribution in [0.1, 0.15) is 25.3 Å². The normalized spacial score (nSPS) is 14.1. The number of anilines is 2. The van der Waals surface area contributed by atoms with Crippen LogP contribution >= 0.6 is 0 Å². The molecular formula is C16H20N4O. The van der Waals surface area contributed by atoms with Crippen LogP contribution in [0.15, 0.2) is 41.5 Å². The van der Waals surface area contributed by atoms with Gasteiger partial charge in [-0.2, -0.15) is 0 Å². The van der Waals surface area contributed by atoms with Crippen LogP contribution in [0.3, 0.4) is 0 Å². The lowest BCUT2D eigenvalue weighted by Crippen LogP contribution is -2.34. The van der Waals surface area contributed by atoms with Gasteiger partial charge in [0.1, 0.15) is 0 Å². The second-order valence-electron chi connectivity index (χ2n) is 5.45. The Hall–Kier alpha value is -2.30. The fourth-order valence-corrected chi connectivity index (χ4v) is 2.53. The van der Waals surface area contributed by atoms with Gasteiger partial charge >= 0.3 is 0 Å². The first-order valence-corrected chi connectivity index (χ1v) is 7.35. The fraction of sp³-hybridized carbons (Fsp3) is 0.375. The second-order valence-corrected chi connectivity index (χ2v) is 5.45. The molecule has 0 saturated heterocycles. The minimum atomic E-state index is -0.0178. The number of benzene rings is 1. The van der Waals surface area contributed by atoms with Crippen LogP contribution in [0.4, 0.5) is 11.5 Å². The highest BCUT2D eigenvalue weighted by molar-refractivity contribution is 5.45. The minimum Gasteiger partial charge on any atom is -0.399 e. The summed E-state index contributed by atoms with van der Waals surface area (Å²) in [4.78, 5) is 18.9. The first-order chi connectivity index (χ1) is 10.2. The van der Waals surface area contributed by atoms with Crippen molar-refractivity contribution >= 4 is 11.5 Å². The number of aromatic nitrogens is 2. The predicted molar refractivity (Wildman–Crippen MR) is 84.2 cm³/mol. The number of nitrogens with zero attached hydrogens (tertiary/aromatic N) is 3. The summed E-state index contributed by atoms with van der Waals surface area (Å²) < 4.78 is 1.69. The van der Waals surface area contributed by atoms with Gasteiger partial charge in [0.2, 0.25) is 0 Å². The third kappa shape index (κ3) is 2.91. The van der Waals surface area contributed by atoms with Gasteiger partial charge in [-0.1, -0.05) is 12.1 Å². The molecule has 1 aliphatic carbocycles. The summed E-state index contributed by atoms with van der Waals surface area (Å²) in [5.74, 6) is 0.546. The van der Waals surface area contributed by atoms with Gasteiger partial charge < -0.3 is 15.2 Å². The molecule has 0 amide bonds. The summed E-state index contributed by atoms with van der Waals surface area (Å²) in [6, 6.07) is 8.22. The van der Waals surface area contributed by atoms with E-state index in [9.17, 15) is 4.79 Å². The van der Waals surface area contributed by atoms with Crippen molar-refractivity contribution in [3.8, 4) is 0 Å². The number of rotatable bonds is 5. The Morgan fingerprint density at radius 1 is 1.43 bits per heavy atom. The molecule has 0 atom stereocenters. The van der Waals surface area contributed by atoms with Gasteiger partial charge in [-0.25, -0.2) is 4.98 Å². The molecule has 5 heteroatoms. The zero-order valence-electron chi connectivity index (χ0n) is 12.2. The van der Waals surface area contributed by atoms with Gasteiger partial charge in [-0.15, -0.1) is 0 Å². The Morgan fingerprint density at radius 2 is 2.24 bits per heavy atom. The Labute approximate surface area is 124 Å². The molecule has 0 aliphatic heterocycles. The van der Waals surface area contributed by atoms with Crippen LogP contribution < -0.4 is 16.2 Å². The van der Waals surface area contributed by atoms with Gasteiger partial charge in [0.05, 0.1) is 0 Å². The van der Waals surface area contributed by atoms with E-state index in [1.165, 1.54) is 0 Å². The number of hydrogen-bond acceptors (Lipinski definition) is 4. The Kier molecular flexibility index (Phi) is 3.64. The Morgan fingerprint density at radius 3 is 2.90 bits per heavy atom. The molecule has 1 saturated carbocycles. The van der Waals surface area contributed by atoms with Crippen LogP contribution in [0.5, 0.6) is 0 Å². The van der Waals surface area contributed by atoms with E-state index in [0.717, 1.165) is 24.1 Å². The van der Waals surface area contributed by atoms with E-state index in [2.05, 4.69) is 9.88 Å². The molecule has 2 N–H and O–H groups in total. The quantitative estimate of drug-likeness (QED) is 0.853. The summed E-state index contributed by atoms with van der Waals surface area (Å²) in [7, 11) is 0. The monoisotopic (exact) mass is 284 g/mol. The summed E-state index contributed by atoms with van der Waals surface area (Å²) in [6.07, 6.45) is 5.67. The van der Waals surface area contributed by atoms with E-state index in [0.29, 0.717) is 24.9 Å². The zero-order valence-corrected chi connectivity index (χ0v) is 12.2. The summed E-state index contributed by atoms with van der Waals surface area (Å²) in [5.41, 5.74) is 7.67. The van der Waals surface area contributed by atoms with Crippen LogP contribution in [0.25, 0.3) is 0 Å². The van der Waals surface area contributed by atoms with Crippen molar-refractivity contribution in [3.63, 3.8) is 0 Å². The topological polar surface area (TPSA) is 64.2 Å². The van der Waals surface area contributed by atoms with Crippen molar-refractivity contribution in [2.45, 2.75) is 38.9 Å². The lowest BCUT2D eigenvalue weighted by atomic mass is 10.2. The van der Waals surface area contributed by atoms with E-state index in [4.69, 9.17) is 5.73 Å². The standard InChI is InChI=1S/C16H20N4O/c1-2-19-9-8-18-15(16(19)21)20(14-6-7-14)11-12-4-3-5-13(17)10-12/h3-5,8-10,14H,2,6-7,11,17H2,1H3. The molecule has 1 aromatic heterocycles. The average Bonchev–Trinajstić information content (AvgIpc) is 3.30. The molecule has 2 aromatic rings. The van der Waals surface area contributed by atoms with Gasteiger partial charge in [-0.05, 0) is 37.5 Å². The lowest BCUT2D eigenvalue weighted by Gasteiger charge is -2.23. The largest absolute Gasteiger partial charge is 0.399 e. The molecule has 110 valence electrons. The maximum Gasteiger partial charge on any atom is 0.293 e. The summed E-state index contributed by atoms with van der Waals surface area (Å²) >= 11 is 0. The highest BCUT2D eigenvalue weighted by Crippen LogP contribution is 2.30. The van der Waals surface area contributed by atoms with Crippen molar-refractivity contribution in [2.24, 2.45) is 0 Å². The van der Waals surface area contributed by atoms with E-state index in [1.54, 1.807) is 17.0 Å². The third-order valence-electron chi connectivity index (χ3n) is 3.80. The molecule has 0 radical (unpaired) electrons. The van der Waals surface area contributed by atoms with E-state index < -0.39 is 0 Å². The van der Waals surface area contributed by atoms with Crippen LogP contribution in [-0.4, -0.2) is 15.6 Å². The number of hydrogen-bond donors (Lipinski definition) is 1. The van der Waals surface area contributed by atoms with Gasteiger partial charge in [0, 0.05) is 37.2 Å².